The third-order valence-electron chi connectivity index (χ3n) is 4.95. The summed E-state index contributed by atoms with van der Waals surface area (Å²) in [6.07, 6.45) is 1.31. The Bertz CT molecular complexity index is 1080. The summed E-state index contributed by atoms with van der Waals surface area (Å²) in [5.41, 5.74) is 0.749. The van der Waals surface area contributed by atoms with Gasteiger partial charge >= 0.3 is 0 Å². The van der Waals surface area contributed by atoms with E-state index in [0.29, 0.717) is 16.8 Å². The molecule has 33 heavy (non-hydrogen) atoms. The molecular formula is C23H29F2N3O4S. The molecule has 0 fully saturated rings. The summed E-state index contributed by atoms with van der Waals surface area (Å²) in [4.78, 5) is 27.2. The second-order valence-electron chi connectivity index (χ2n) is 8.03. The van der Waals surface area contributed by atoms with Crippen LogP contribution in [0.15, 0.2) is 48.5 Å². The van der Waals surface area contributed by atoms with E-state index >= 15 is 0 Å². The van der Waals surface area contributed by atoms with Crippen LogP contribution in [0.3, 0.4) is 0 Å². The summed E-state index contributed by atoms with van der Waals surface area (Å²) >= 11 is 0. The Morgan fingerprint density at radius 2 is 1.64 bits per heavy atom. The first-order valence-corrected chi connectivity index (χ1v) is 12.3. The van der Waals surface area contributed by atoms with Crippen molar-refractivity contribution >= 4 is 27.5 Å². The minimum Gasteiger partial charge on any atom is -0.352 e. The van der Waals surface area contributed by atoms with E-state index in [0.717, 1.165) is 24.0 Å². The number of nitrogens with zero attached hydrogens (tertiary/aromatic N) is 2. The number of carbonyl (C=O) groups excluding carboxylic acids is 2. The summed E-state index contributed by atoms with van der Waals surface area (Å²) in [5.74, 6) is -3.40. The Morgan fingerprint density at radius 1 is 1.00 bits per heavy atom. The lowest BCUT2D eigenvalue weighted by Gasteiger charge is -2.31. The van der Waals surface area contributed by atoms with Gasteiger partial charge in [-0.25, -0.2) is 17.2 Å². The molecule has 0 saturated heterocycles. The topological polar surface area (TPSA) is 86.8 Å². The van der Waals surface area contributed by atoms with Gasteiger partial charge in [-0.05, 0) is 44.9 Å². The smallest absolute Gasteiger partial charge is 0.244 e. The molecule has 7 nitrogen and oxygen atoms in total. The molecule has 1 N–H and O–H groups in total. The molecule has 2 rings (SSSR count). The number of benzene rings is 2. The molecule has 0 bridgehead atoms. The standard InChI is InChI=1S/C23H29F2N3O4S/c1-16(2)26-23(30)17(3)27(13-12-18-8-6-5-7-9-18)22(29)15-28(33(4,31)32)19-10-11-20(24)21(25)14-19/h5-11,14,16-17H,12-13,15H2,1-4H3,(H,26,30)/t17-/m0/s1. The van der Waals surface area contributed by atoms with E-state index in [1.807, 2.05) is 30.3 Å². The van der Waals surface area contributed by atoms with E-state index in [-0.39, 0.29) is 24.2 Å². The number of rotatable bonds is 10. The van der Waals surface area contributed by atoms with Crippen LogP contribution in [0.25, 0.3) is 0 Å². The molecular weight excluding hydrogens is 452 g/mol. The second kappa shape index (κ2) is 11.2. The van der Waals surface area contributed by atoms with Crippen molar-refractivity contribution in [2.45, 2.75) is 39.3 Å². The monoisotopic (exact) mass is 481 g/mol. The van der Waals surface area contributed by atoms with Crippen LogP contribution < -0.4 is 9.62 Å². The highest BCUT2D eigenvalue weighted by Crippen LogP contribution is 2.21. The first-order valence-electron chi connectivity index (χ1n) is 10.5. The van der Waals surface area contributed by atoms with Crippen LogP contribution in [0, 0.1) is 11.6 Å². The highest BCUT2D eigenvalue weighted by molar-refractivity contribution is 7.92. The van der Waals surface area contributed by atoms with Gasteiger partial charge in [0.1, 0.15) is 12.6 Å². The fraction of sp³-hybridized carbons (Fsp3) is 0.391. The minimum atomic E-state index is -4.01. The number of hydrogen-bond donors (Lipinski definition) is 1. The molecule has 0 heterocycles. The molecule has 0 saturated carbocycles. The Balaban J connectivity index is 2.33. The van der Waals surface area contributed by atoms with Gasteiger partial charge in [-0.1, -0.05) is 30.3 Å². The van der Waals surface area contributed by atoms with Gasteiger partial charge in [0, 0.05) is 18.7 Å². The first kappa shape index (κ1) is 26.2. The van der Waals surface area contributed by atoms with Gasteiger partial charge in [-0.3, -0.25) is 13.9 Å². The summed E-state index contributed by atoms with van der Waals surface area (Å²) in [6.45, 7) is 4.62. The molecule has 2 aromatic rings. The zero-order valence-corrected chi connectivity index (χ0v) is 19.9. The van der Waals surface area contributed by atoms with E-state index in [2.05, 4.69) is 5.32 Å². The molecule has 180 valence electrons. The zero-order valence-electron chi connectivity index (χ0n) is 19.1. The molecule has 10 heteroatoms. The van der Waals surface area contributed by atoms with Crippen LogP contribution in [-0.4, -0.2) is 56.6 Å². The number of amides is 2. The maximum Gasteiger partial charge on any atom is 0.244 e. The average molecular weight is 482 g/mol. The summed E-state index contributed by atoms with van der Waals surface area (Å²) in [7, 11) is -4.01. The molecule has 0 radical (unpaired) electrons. The Morgan fingerprint density at radius 3 is 2.18 bits per heavy atom. The van der Waals surface area contributed by atoms with Gasteiger partial charge < -0.3 is 10.2 Å². The summed E-state index contributed by atoms with van der Waals surface area (Å²) in [6, 6.07) is 10.9. The second-order valence-corrected chi connectivity index (χ2v) is 9.94. The maximum atomic E-state index is 13.7. The molecule has 0 aliphatic heterocycles. The predicted molar refractivity (Wildman–Crippen MR) is 123 cm³/mol. The predicted octanol–water partition coefficient (Wildman–Crippen LogP) is 2.72. The van der Waals surface area contributed by atoms with E-state index in [1.165, 1.54) is 4.90 Å². The number of hydrogen-bond acceptors (Lipinski definition) is 4. The third-order valence-corrected chi connectivity index (χ3v) is 6.09. The van der Waals surface area contributed by atoms with Crippen molar-refractivity contribution in [1.29, 1.82) is 0 Å². The molecule has 0 spiro atoms. The molecule has 1 atom stereocenters. The molecule has 2 amide bonds. The SMILES string of the molecule is CC(C)NC(=O)[C@H](C)N(CCc1ccccc1)C(=O)CN(c1ccc(F)c(F)c1)S(C)(=O)=O. The first-order chi connectivity index (χ1) is 15.4. The van der Waals surface area contributed by atoms with E-state index in [4.69, 9.17) is 0 Å². The van der Waals surface area contributed by atoms with Crippen LogP contribution in [-0.2, 0) is 26.0 Å². The van der Waals surface area contributed by atoms with Gasteiger partial charge in [0.15, 0.2) is 11.6 Å². The molecule has 0 aliphatic carbocycles. The van der Waals surface area contributed by atoms with Crippen molar-refractivity contribution < 1.29 is 26.8 Å². The van der Waals surface area contributed by atoms with Gasteiger partial charge in [0.05, 0.1) is 11.9 Å². The molecule has 0 aliphatic rings. The van der Waals surface area contributed by atoms with E-state index in [1.54, 1.807) is 20.8 Å². The quantitative estimate of drug-likeness (QED) is 0.565. The average Bonchev–Trinajstić information content (AvgIpc) is 2.73. The lowest BCUT2D eigenvalue weighted by atomic mass is 10.1. The van der Waals surface area contributed by atoms with Crippen LogP contribution in [0.1, 0.15) is 26.3 Å². The summed E-state index contributed by atoms with van der Waals surface area (Å²) < 4.78 is 52.5. The van der Waals surface area contributed by atoms with Gasteiger partial charge in [0.25, 0.3) is 0 Å². The minimum absolute atomic E-state index is 0.152. The van der Waals surface area contributed by atoms with Crippen molar-refractivity contribution in [2.24, 2.45) is 0 Å². The van der Waals surface area contributed by atoms with Crippen LogP contribution in [0.5, 0.6) is 0 Å². The number of halogens is 2. The number of carbonyl (C=O) groups is 2. The highest BCUT2D eigenvalue weighted by atomic mass is 32.2. The largest absolute Gasteiger partial charge is 0.352 e. The number of sulfonamides is 1. The zero-order chi connectivity index (χ0) is 24.8. The molecule has 2 aromatic carbocycles. The normalized spacial score (nSPS) is 12.3. The van der Waals surface area contributed by atoms with Crippen molar-refractivity contribution in [3.8, 4) is 0 Å². The van der Waals surface area contributed by atoms with Crippen LogP contribution >= 0.6 is 0 Å². The fourth-order valence-electron chi connectivity index (χ4n) is 3.23. The molecule has 0 aromatic heterocycles. The van der Waals surface area contributed by atoms with Gasteiger partial charge in [-0.2, -0.15) is 0 Å². The number of nitrogens with one attached hydrogen (secondary N) is 1. The Labute approximate surface area is 193 Å². The third kappa shape index (κ3) is 7.52. The lowest BCUT2D eigenvalue weighted by Crippen LogP contribution is -2.53. The Kier molecular flexibility index (Phi) is 8.92. The van der Waals surface area contributed by atoms with Crippen molar-refractivity contribution in [2.75, 3.05) is 23.7 Å². The van der Waals surface area contributed by atoms with Crippen LogP contribution in [0.4, 0.5) is 14.5 Å². The van der Waals surface area contributed by atoms with Gasteiger partial charge in [-0.15, -0.1) is 0 Å². The number of anilines is 1. The Hall–Kier alpha value is -3.01. The lowest BCUT2D eigenvalue weighted by molar-refractivity contribution is -0.139. The van der Waals surface area contributed by atoms with E-state index in [9.17, 15) is 26.8 Å². The van der Waals surface area contributed by atoms with Crippen molar-refractivity contribution in [1.82, 2.24) is 10.2 Å². The van der Waals surface area contributed by atoms with Gasteiger partial charge in [0.2, 0.25) is 21.8 Å². The highest BCUT2D eigenvalue weighted by Gasteiger charge is 2.30. The van der Waals surface area contributed by atoms with Crippen molar-refractivity contribution in [3.05, 3.63) is 65.7 Å². The van der Waals surface area contributed by atoms with Crippen molar-refractivity contribution in [3.63, 3.8) is 0 Å². The maximum absolute atomic E-state index is 13.7. The molecule has 0 unspecified atom stereocenters. The van der Waals surface area contributed by atoms with E-state index < -0.39 is 40.2 Å². The van der Waals surface area contributed by atoms with Crippen LogP contribution in [0.2, 0.25) is 0 Å². The fourth-order valence-corrected chi connectivity index (χ4v) is 4.07. The summed E-state index contributed by atoms with van der Waals surface area (Å²) in [5, 5.41) is 2.75.